The Balaban J connectivity index is 1.46. The van der Waals surface area contributed by atoms with E-state index in [0.717, 1.165) is 19.3 Å². The number of carbonyl (C=O) groups excluding carboxylic acids is 1. The van der Waals surface area contributed by atoms with Crippen LogP contribution in [0, 0.1) is 0 Å². The predicted octanol–water partition coefficient (Wildman–Crippen LogP) is 3.96. The van der Waals surface area contributed by atoms with Crippen molar-refractivity contribution in [3.05, 3.63) is 53.4 Å². The fraction of sp³-hybridized carbons (Fsp3) is 0.381. The Hall–Kier alpha value is -2.32. The van der Waals surface area contributed by atoms with Crippen LogP contribution in [0.5, 0.6) is 5.75 Å². The molecule has 3 rings (SSSR count). The molecule has 6 nitrogen and oxygen atoms in total. The van der Waals surface area contributed by atoms with E-state index in [2.05, 4.69) is 11.4 Å². The average Bonchev–Trinajstić information content (AvgIpc) is 3.29. The van der Waals surface area contributed by atoms with E-state index in [0.29, 0.717) is 22.2 Å². The second kappa shape index (κ2) is 9.93. The van der Waals surface area contributed by atoms with Gasteiger partial charge in [-0.15, -0.1) is 11.3 Å². The molecule has 0 spiro atoms. The number of amides is 1. The molecule has 0 bridgehead atoms. The number of anilines is 1. The van der Waals surface area contributed by atoms with Crippen LogP contribution in [0.2, 0.25) is 0 Å². The van der Waals surface area contributed by atoms with Gasteiger partial charge >= 0.3 is 0 Å². The maximum atomic E-state index is 12.6. The van der Waals surface area contributed by atoms with Gasteiger partial charge in [0.2, 0.25) is 0 Å². The molecule has 0 aliphatic heterocycles. The van der Waals surface area contributed by atoms with Gasteiger partial charge in [0, 0.05) is 13.6 Å². The van der Waals surface area contributed by atoms with Crippen LogP contribution in [-0.2, 0) is 14.8 Å². The molecule has 1 aliphatic rings. The van der Waals surface area contributed by atoms with Crippen molar-refractivity contribution in [2.75, 3.05) is 24.5 Å². The van der Waals surface area contributed by atoms with Gasteiger partial charge in [0.1, 0.15) is 9.96 Å². The molecule has 0 atom stereocenters. The maximum absolute atomic E-state index is 12.6. The van der Waals surface area contributed by atoms with Gasteiger partial charge < -0.3 is 10.1 Å². The summed E-state index contributed by atoms with van der Waals surface area (Å²) < 4.78 is 32.1. The van der Waals surface area contributed by atoms with Crippen LogP contribution in [0.1, 0.15) is 32.1 Å². The zero-order valence-corrected chi connectivity index (χ0v) is 18.1. The number of sulfonamides is 1. The van der Waals surface area contributed by atoms with Crippen LogP contribution in [-0.4, -0.2) is 34.5 Å². The normalized spacial score (nSPS) is 14.2. The lowest BCUT2D eigenvalue weighted by atomic mass is 9.97. The number of allylic oxidation sites excluding steroid dienone is 1. The molecule has 1 aliphatic carbocycles. The molecule has 1 aromatic heterocycles. The summed E-state index contributed by atoms with van der Waals surface area (Å²) in [6.45, 7) is 0.556. The summed E-state index contributed by atoms with van der Waals surface area (Å²) >= 11 is 1.18. The molecular formula is C21H26N2O4S2. The Morgan fingerprint density at radius 3 is 2.66 bits per heavy atom. The second-order valence-corrected chi connectivity index (χ2v) is 10.0. The smallest absolute Gasteiger partial charge is 0.273 e. The molecule has 0 unspecified atom stereocenters. The van der Waals surface area contributed by atoms with Crippen molar-refractivity contribution < 1.29 is 17.9 Å². The Morgan fingerprint density at radius 1 is 1.21 bits per heavy atom. The molecule has 1 heterocycles. The highest BCUT2D eigenvalue weighted by molar-refractivity contribution is 7.94. The second-order valence-electron chi connectivity index (χ2n) is 6.90. The number of benzene rings is 1. The highest BCUT2D eigenvalue weighted by Gasteiger charge is 2.22. The van der Waals surface area contributed by atoms with Crippen LogP contribution in [0.3, 0.4) is 0 Å². The Bertz CT molecular complexity index is 936. The molecule has 1 aromatic carbocycles. The standard InChI is InChI=1S/C21H26N2O4S2/c1-23(29(25,26)21-8-5-15-28-21)18-9-11-19(12-10-18)27-16-20(24)22-14-13-17-6-3-2-4-7-17/h5-6,8-12,15H,2-4,7,13-14,16H2,1H3,(H,22,24). The molecular weight excluding hydrogens is 408 g/mol. The summed E-state index contributed by atoms with van der Waals surface area (Å²) in [6, 6.07) is 9.94. The minimum absolute atomic E-state index is 0.0677. The minimum atomic E-state index is -3.56. The lowest BCUT2D eigenvalue weighted by molar-refractivity contribution is -0.123. The number of hydrogen-bond acceptors (Lipinski definition) is 5. The Kier molecular flexibility index (Phi) is 7.33. The van der Waals surface area contributed by atoms with Crippen molar-refractivity contribution in [2.45, 2.75) is 36.3 Å². The van der Waals surface area contributed by atoms with Crippen molar-refractivity contribution in [2.24, 2.45) is 0 Å². The van der Waals surface area contributed by atoms with Gasteiger partial charge in [0.25, 0.3) is 15.9 Å². The third kappa shape index (κ3) is 5.83. The van der Waals surface area contributed by atoms with E-state index in [1.807, 2.05) is 0 Å². The first-order valence-corrected chi connectivity index (χ1v) is 12.0. The summed E-state index contributed by atoms with van der Waals surface area (Å²) in [5, 5.41) is 4.61. The van der Waals surface area contributed by atoms with Crippen molar-refractivity contribution in [1.29, 1.82) is 0 Å². The van der Waals surface area contributed by atoms with Gasteiger partial charge in [0.05, 0.1) is 5.69 Å². The fourth-order valence-electron chi connectivity index (χ4n) is 3.13. The molecule has 2 aromatic rings. The summed E-state index contributed by atoms with van der Waals surface area (Å²) in [6.07, 6.45) is 7.96. The van der Waals surface area contributed by atoms with E-state index in [1.54, 1.807) is 41.8 Å². The summed E-state index contributed by atoms with van der Waals surface area (Å²) in [4.78, 5) is 12.0. The lowest BCUT2D eigenvalue weighted by Gasteiger charge is -2.18. The van der Waals surface area contributed by atoms with Crippen molar-refractivity contribution in [3.63, 3.8) is 0 Å². The number of thiophene rings is 1. The summed E-state index contributed by atoms with van der Waals surface area (Å²) in [5.41, 5.74) is 1.95. The fourth-order valence-corrected chi connectivity index (χ4v) is 5.49. The monoisotopic (exact) mass is 434 g/mol. The first-order chi connectivity index (χ1) is 14.0. The molecule has 0 saturated carbocycles. The van der Waals surface area contributed by atoms with Crippen molar-refractivity contribution in [1.82, 2.24) is 5.32 Å². The molecule has 0 radical (unpaired) electrons. The van der Waals surface area contributed by atoms with Crippen LogP contribution in [0.4, 0.5) is 5.69 Å². The number of nitrogens with one attached hydrogen (secondary N) is 1. The van der Waals surface area contributed by atoms with E-state index in [4.69, 9.17) is 4.74 Å². The van der Waals surface area contributed by atoms with Crippen LogP contribution >= 0.6 is 11.3 Å². The number of rotatable bonds is 9. The minimum Gasteiger partial charge on any atom is -0.484 e. The molecule has 1 amide bonds. The van der Waals surface area contributed by atoms with Gasteiger partial charge in [-0.3, -0.25) is 9.10 Å². The molecule has 8 heteroatoms. The molecule has 0 saturated heterocycles. The first kappa shape index (κ1) is 21.4. The molecule has 1 N–H and O–H groups in total. The molecule has 0 fully saturated rings. The van der Waals surface area contributed by atoms with Crippen molar-refractivity contribution >= 4 is 33.0 Å². The SMILES string of the molecule is CN(c1ccc(OCC(=O)NCCC2=CCCCC2)cc1)S(=O)(=O)c1cccs1. The Morgan fingerprint density at radius 2 is 2.00 bits per heavy atom. The van der Waals surface area contributed by atoms with Gasteiger partial charge in [-0.05, 0) is 67.8 Å². The highest BCUT2D eigenvalue weighted by Crippen LogP contribution is 2.26. The maximum Gasteiger partial charge on any atom is 0.273 e. The first-order valence-electron chi connectivity index (χ1n) is 9.67. The molecule has 156 valence electrons. The Labute approximate surface area is 176 Å². The van der Waals surface area contributed by atoms with Gasteiger partial charge in [0.15, 0.2) is 6.61 Å². The van der Waals surface area contributed by atoms with Gasteiger partial charge in [-0.25, -0.2) is 8.42 Å². The summed E-state index contributed by atoms with van der Waals surface area (Å²) in [7, 11) is -2.05. The summed E-state index contributed by atoms with van der Waals surface area (Å²) in [5.74, 6) is 0.351. The quantitative estimate of drug-likeness (QED) is 0.606. The number of ether oxygens (including phenoxy) is 1. The van der Waals surface area contributed by atoms with Crippen LogP contribution < -0.4 is 14.4 Å². The highest BCUT2D eigenvalue weighted by atomic mass is 32.2. The zero-order chi connectivity index (χ0) is 20.7. The predicted molar refractivity (Wildman–Crippen MR) is 116 cm³/mol. The number of nitrogens with zero attached hydrogens (tertiary/aromatic N) is 1. The average molecular weight is 435 g/mol. The number of carbonyl (C=O) groups is 1. The third-order valence-electron chi connectivity index (χ3n) is 4.83. The lowest BCUT2D eigenvalue weighted by Crippen LogP contribution is -2.30. The van der Waals surface area contributed by atoms with Gasteiger partial charge in [-0.2, -0.15) is 0 Å². The van der Waals surface area contributed by atoms with E-state index >= 15 is 0 Å². The van der Waals surface area contributed by atoms with Crippen LogP contribution in [0.15, 0.2) is 57.6 Å². The van der Waals surface area contributed by atoms with E-state index in [9.17, 15) is 13.2 Å². The number of hydrogen-bond donors (Lipinski definition) is 1. The van der Waals surface area contributed by atoms with E-state index in [-0.39, 0.29) is 12.5 Å². The third-order valence-corrected chi connectivity index (χ3v) is 7.99. The van der Waals surface area contributed by atoms with E-state index < -0.39 is 10.0 Å². The van der Waals surface area contributed by atoms with Gasteiger partial charge in [-0.1, -0.05) is 17.7 Å². The van der Waals surface area contributed by atoms with Crippen molar-refractivity contribution in [3.8, 4) is 5.75 Å². The largest absolute Gasteiger partial charge is 0.484 e. The topological polar surface area (TPSA) is 75.7 Å². The zero-order valence-electron chi connectivity index (χ0n) is 16.5. The van der Waals surface area contributed by atoms with E-state index in [1.165, 1.54) is 41.1 Å². The van der Waals surface area contributed by atoms with Crippen LogP contribution in [0.25, 0.3) is 0 Å². The molecule has 29 heavy (non-hydrogen) atoms.